The van der Waals surface area contributed by atoms with Crippen molar-refractivity contribution in [3.8, 4) is 0 Å². The quantitative estimate of drug-likeness (QED) is 0.644. The second-order valence-electron chi connectivity index (χ2n) is 4.36. The predicted molar refractivity (Wildman–Crippen MR) is 70.8 cm³/mol. The minimum Gasteiger partial charge on any atom is -0.469 e. The normalized spacial score (nSPS) is 10.8. The first kappa shape index (κ1) is 11.7. The largest absolute Gasteiger partial charge is 0.469 e. The molecule has 1 aromatic heterocycles. The van der Waals surface area contributed by atoms with Crippen LogP contribution < -0.4 is 0 Å². The van der Waals surface area contributed by atoms with Crippen LogP contribution in [0.25, 0.3) is 10.8 Å². The number of hydrogen-bond donors (Lipinski definition) is 0. The van der Waals surface area contributed by atoms with Crippen molar-refractivity contribution in [1.29, 1.82) is 0 Å². The number of fused-ring (bicyclic) bond motifs is 1. The molecule has 2 aromatic carbocycles. The summed E-state index contributed by atoms with van der Waals surface area (Å²) < 4.78 is 18.9. The molecule has 0 saturated carbocycles. The standard InChI is InChI=1S/C16H11FO2/c1-10-11(8-9-19-10)16(18)14-6-7-15(17)13-5-3-2-4-12(13)14/h2-9H,1H3. The summed E-state index contributed by atoms with van der Waals surface area (Å²) in [6.45, 7) is 1.74. The van der Waals surface area contributed by atoms with Gasteiger partial charge in [0, 0.05) is 10.9 Å². The van der Waals surface area contributed by atoms with E-state index in [4.69, 9.17) is 4.42 Å². The molecule has 0 fully saturated rings. The van der Waals surface area contributed by atoms with E-state index in [1.54, 1.807) is 37.3 Å². The van der Waals surface area contributed by atoms with Crippen molar-refractivity contribution >= 4 is 16.6 Å². The van der Waals surface area contributed by atoms with E-state index in [0.29, 0.717) is 27.7 Å². The Morgan fingerprint density at radius 1 is 1.00 bits per heavy atom. The molecular weight excluding hydrogens is 243 g/mol. The van der Waals surface area contributed by atoms with Gasteiger partial charge in [-0.2, -0.15) is 0 Å². The van der Waals surface area contributed by atoms with E-state index in [9.17, 15) is 9.18 Å². The molecule has 3 heteroatoms. The lowest BCUT2D eigenvalue weighted by Gasteiger charge is -2.06. The summed E-state index contributed by atoms with van der Waals surface area (Å²) in [5, 5.41) is 1.07. The molecule has 19 heavy (non-hydrogen) atoms. The third-order valence-electron chi connectivity index (χ3n) is 3.22. The van der Waals surface area contributed by atoms with E-state index in [1.165, 1.54) is 18.4 Å². The van der Waals surface area contributed by atoms with Gasteiger partial charge in [-0.15, -0.1) is 0 Å². The Morgan fingerprint density at radius 2 is 1.74 bits per heavy atom. The Morgan fingerprint density at radius 3 is 2.42 bits per heavy atom. The number of rotatable bonds is 2. The number of furan rings is 1. The predicted octanol–water partition coefficient (Wildman–Crippen LogP) is 4.11. The Bertz CT molecular complexity index is 771. The lowest BCUT2D eigenvalue weighted by Crippen LogP contribution is -2.03. The van der Waals surface area contributed by atoms with Gasteiger partial charge in [0.2, 0.25) is 0 Å². The van der Waals surface area contributed by atoms with E-state index in [0.717, 1.165) is 0 Å². The first-order valence-corrected chi connectivity index (χ1v) is 5.94. The summed E-state index contributed by atoms with van der Waals surface area (Å²) in [4.78, 5) is 12.5. The summed E-state index contributed by atoms with van der Waals surface area (Å²) >= 11 is 0. The van der Waals surface area contributed by atoms with Crippen LogP contribution in [0.1, 0.15) is 21.7 Å². The van der Waals surface area contributed by atoms with Gasteiger partial charge in [-0.25, -0.2) is 4.39 Å². The molecule has 0 N–H and O–H groups in total. The fourth-order valence-electron chi connectivity index (χ4n) is 2.23. The molecule has 0 spiro atoms. The van der Waals surface area contributed by atoms with E-state index < -0.39 is 0 Å². The lowest BCUT2D eigenvalue weighted by atomic mass is 9.97. The number of ketones is 1. The van der Waals surface area contributed by atoms with Crippen LogP contribution in [0, 0.1) is 12.7 Å². The van der Waals surface area contributed by atoms with Crippen LogP contribution in [-0.2, 0) is 0 Å². The van der Waals surface area contributed by atoms with Gasteiger partial charge >= 0.3 is 0 Å². The third kappa shape index (κ3) is 1.83. The van der Waals surface area contributed by atoms with Gasteiger partial charge in [0.1, 0.15) is 11.6 Å². The van der Waals surface area contributed by atoms with E-state index in [2.05, 4.69) is 0 Å². The van der Waals surface area contributed by atoms with Crippen LogP contribution >= 0.6 is 0 Å². The Balaban J connectivity index is 2.24. The van der Waals surface area contributed by atoms with Gasteiger partial charge in [0.15, 0.2) is 5.78 Å². The van der Waals surface area contributed by atoms with Crippen LogP contribution in [0.5, 0.6) is 0 Å². The molecule has 0 saturated heterocycles. The maximum Gasteiger partial charge on any atom is 0.197 e. The Labute approximate surface area is 109 Å². The number of aryl methyl sites for hydroxylation is 1. The summed E-state index contributed by atoms with van der Waals surface area (Å²) in [5.74, 6) is 0.0944. The van der Waals surface area contributed by atoms with Gasteiger partial charge in [-0.1, -0.05) is 24.3 Å². The molecule has 0 radical (unpaired) electrons. The highest BCUT2D eigenvalue weighted by atomic mass is 19.1. The molecule has 3 rings (SSSR count). The van der Waals surface area contributed by atoms with Gasteiger partial charge < -0.3 is 4.42 Å². The highest BCUT2D eigenvalue weighted by molar-refractivity contribution is 6.16. The average molecular weight is 254 g/mol. The van der Waals surface area contributed by atoms with E-state index in [-0.39, 0.29) is 11.6 Å². The highest BCUT2D eigenvalue weighted by Gasteiger charge is 2.17. The van der Waals surface area contributed by atoms with Gasteiger partial charge in [0.05, 0.1) is 11.8 Å². The SMILES string of the molecule is Cc1occc1C(=O)c1ccc(F)c2ccccc12. The molecule has 1 heterocycles. The number of carbonyl (C=O) groups is 1. The van der Waals surface area contributed by atoms with Crippen molar-refractivity contribution in [3.63, 3.8) is 0 Å². The minimum absolute atomic E-state index is 0.151. The van der Waals surface area contributed by atoms with Crippen LogP contribution in [-0.4, -0.2) is 5.78 Å². The van der Waals surface area contributed by atoms with Crippen molar-refractivity contribution in [3.05, 3.63) is 71.4 Å². The second-order valence-corrected chi connectivity index (χ2v) is 4.36. The maximum absolute atomic E-state index is 13.7. The molecule has 94 valence electrons. The topological polar surface area (TPSA) is 30.2 Å². The number of benzene rings is 2. The monoisotopic (exact) mass is 254 g/mol. The lowest BCUT2D eigenvalue weighted by molar-refractivity contribution is 0.103. The van der Waals surface area contributed by atoms with Crippen LogP contribution in [0.3, 0.4) is 0 Å². The fourth-order valence-corrected chi connectivity index (χ4v) is 2.23. The first-order chi connectivity index (χ1) is 9.18. The second kappa shape index (κ2) is 4.35. The third-order valence-corrected chi connectivity index (χ3v) is 3.22. The molecule has 0 amide bonds. The number of hydrogen-bond acceptors (Lipinski definition) is 2. The molecule has 0 aliphatic heterocycles. The average Bonchev–Trinajstić information content (AvgIpc) is 2.85. The van der Waals surface area contributed by atoms with Crippen LogP contribution in [0.15, 0.2) is 53.1 Å². The molecule has 2 nitrogen and oxygen atoms in total. The van der Waals surface area contributed by atoms with Crippen molar-refractivity contribution < 1.29 is 13.6 Å². The summed E-state index contributed by atoms with van der Waals surface area (Å²) in [7, 11) is 0. The summed E-state index contributed by atoms with van der Waals surface area (Å²) in [6.07, 6.45) is 1.48. The number of carbonyl (C=O) groups excluding carboxylic acids is 1. The van der Waals surface area contributed by atoms with E-state index in [1.807, 2.05) is 0 Å². The van der Waals surface area contributed by atoms with Crippen molar-refractivity contribution in [2.24, 2.45) is 0 Å². The van der Waals surface area contributed by atoms with Crippen molar-refractivity contribution in [1.82, 2.24) is 0 Å². The molecule has 0 atom stereocenters. The molecule has 0 bridgehead atoms. The Kier molecular flexibility index (Phi) is 2.67. The van der Waals surface area contributed by atoms with E-state index >= 15 is 0 Å². The van der Waals surface area contributed by atoms with Gasteiger partial charge in [-0.3, -0.25) is 4.79 Å². The smallest absolute Gasteiger partial charge is 0.197 e. The molecular formula is C16H11FO2. The summed E-state index contributed by atoms with van der Waals surface area (Å²) in [5.41, 5.74) is 0.998. The molecule has 0 unspecified atom stereocenters. The van der Waals surface area contributed by atoms with Crippen molar-refractivity contribution in [2.75, 3.05) is 0 Å². The van der Waals surface area contributed by atoms with Crippen molar-refractivity contribution in [2.45, 2.75) is 6.92 Å². The fraction of sp³-hybridized carbons (Fsp3) is 0.0625. The molecule has 3 aromatic rings. The summed E-state index contributed by atoms with van der Waals surface area (Å²) in [6, 6.07) is 11.4. The van der Waals surface area contributed by atoms with Gasteiger partial charge in [-0.05, 0) is 30.5 Å². The zero-order valence-electron chi connectivity index (χ0n) is 10.3. The first-order valence-electron chi connectivity index (χ1n) is 5.94. The zero-order valence-corrected chi connectivity index (χ0v) is 10.3. The zero-order chi connectivity index (χ0) is 13.4. The molecule has 0 aliphatic carbocycles. The Hall–Kier alpha value is -2.42. The minimum atomic E-state index is -0.323. The highest BCUT2D eigenvalue weighted by Crippen LogP contribution is 2.25. The van der Waals surface area contributed by atoms with Crippen LogP contribution in [0.4, 0.5) is 4.39 Å². The van der Waals surface area contributed by atoms with Crippen LogP contribution in [0.2, 0.25) is 0 Å². The maximum atomic E-state index is 13.7. The van der Waals surface area contributed by atoms with Gasteiger partial charge in [0.25, 0.3) is 0 Å². The molecule has 0 aliphatic rings. The number of halogens is 1.